The first-order valence-corrected chi connectivity index (χ1v) is 14.7. The Balaban J connectivity index is 2.22. The van der Waals surface area contributed by atoms with E-state index in [4.69, 9.17) is 27.9 Å². The smallest absolute Gasteiger partial charge is 0.306 e. The van der Waals surface area contributed by atoms with E-state index < -0.39 is 56.7 Å². The lowest BCUT2D eigenvalue weighted by atomic mass is 9.80. The van der Waals surface area contributed by atoms with Gasteiger partial charge >= 0.3 is 5.97 Å². The Labute approximate surface area is 229 Å². The highest BCUT2D eigenvalue weighted by atomic mass is 35.5. The summed E-state index contributed by atoms with van der Waals surface area (Å²) in [6, 6.07) is 5.72. The van der Waals surface area contributed by atoms with Crippen LogP contribution in [0.1, 0.15) is 65.5 Å². The van der Waals surface area contributed by atoms with Crippen molar-refractivity contribution in [1.82, 2.24) is 4.90 Å². The minimum Gasteiger partial charge on any atom is -0.481 e. The Morgan fingerprint density at radius 2 is 1.97 bits per heavy atom. The molecule has 1 fully saturated rings. The highest BCUT2D eigenvalue weighted by Gasteiger charge is 2.55. The van der Waals surface area contributed by atoms with Crippen LogP contribution in [0.2, 0.25) is 5.02 Å². The van der Waals surface area contributed by atoms with Crippen LogP contribution in [0.25, 0.3) is 0 Å². The molecule has 0 bridgehead atoms. The van der Waals surface area contributed by atoms with E-state index in [2.05, 4.69) is 0 Å². The molecule has 1 aromatic rings. The molecule has 1 aromatic carbocycles. The second-order valence-corrected chi connectivity index (χ2v) is 14.6. The predicted octanol–water partition coefficient (Wildman–Crippen LogP) is 5.53. The molecule has 10 heteroatoms. The number of aliphatic carboxylic acids is 1. The van der Waals surface area contributed by atoms with Crippen molar-refractivity contribution < 1.29 is 27.9 Å². The summed E-state index contributed by atoms with van der Waals surface area (Å²) in [4.78, 5) is 27.6. The van der Waals surface area contributed by atoms with Crippen molar-refractivity contribution in [2.24, 2.45) is 5.92 Å². The molecule has 1 unspecified atom stereocenters. The maximum atomic E-state index is 14.1. The molecule has 5 atom stereocenters. The van der Waals surface area contributed by atoms with E-state index in [1.165, 1.54) is 6.92 Å². The Kier molecular flexibility index (Phi) is 8.89. The Morgan fingerprint density at radius 3 is 2.49 bits per heavy atom. The summed E-state index contributed by atoms with van der Waals surface area (Å²) in [6.07, 6.45) is 5.04. The summed E-state index contributed by atoms with van der Waals surface area (Å²) in [5.41, 5.74) is -1.03. The number of carbonyl (C=O) groups is 2. The SMILES string of the molecule is CC[C@@H](CS(=O)(=O)C(C)(C)C)N1C(=O)[C@](C)(CC(=O)O)O[C@H](c2cccc(Cl)c2)[C@H]1C1C=CC(Cl)=CC1. The number of morpholine rings is 1. The first-order valence-electron chi connectivity index (χ1n) is 12.3. The molecule has 1 heterocycles. The molecular weight excluding hydrogens is 537 g/mol. The minimum absolute atomic E-state index is 0.254. The lowest BCUT2D eigenvalue weighted by molar-refractivity contribution is -0.208. The van der Waals surface area contributed by atoms with Crippen molar-refractivity contribution in [2.75, 3.05) is 5.75 Å². The highest BCUT2D eigenvalue weighted by Crippen LogP contribution is 2.45. The van der Waals surface area contributed by atoms with Crippen LogP contribution < -0.4 is 0 Å². The van der Waals surface area contributed by atoms with E-state index in [1.807, 2.05) is 25.1 Å². The molecule has 0 spiro atoms. The van der Waals surface area contributed by atoms with Gasteiger partial charge in [-0.25, -0.2) is 8.42 Å². The maximum Gasteiger partial charge on any atom is 0.306 e. The summed E-state index contributed by atoms with van der Waals surface area (Å²) in [5.74, 6) is -2.24. The number of ether oxygens (including phenoxy) is 1. The van der Waals surface area contributed by atoms with Gasteiger partial charge in [0.1, 0.15) is 6.10 Å². The molecule has 2 aliphatic rings. The van der Waals surface area contributed by atoms with Crippen LogP contribution in [-0.2, 0) is 24.2 Å². The average Bonchev–Trinajstić information content (AvgIpc) is 2.78. The first-order chi connectivity index (χ1) is 17.1. The molecule has 0 aromatic heterocycles. The van der Waals surface area contributed by atoms with E-state index >= 15 is 0 Å². The zero-order chi connectivity index (χ0) is 27.8. The number of hydrogen-bond donors (Lipinski definition) is 1. The number of rotatable bonds is 8. The molecule has 1 saturated heterocycles. The zero-order valence-corrected chi connectivity index (χ0v) is 24.1. The number of carboxylic acids is 1. The van der Waals surface area contributed by atoms with Crippen LogP contribution in [0.3, 0.4) is 0 Å². The van der Waals surface area contributed by atoms with Crippen molar-refractivity contribution in [3.8, 4) is 0 Å². The molecule has 1 amide bonds. The van der Waals surface area contributed by atoms with Gasteiger partial charge in [0.25, 0.3) is 5.91 Å². The molecule has 37 heavy (non-hydrogen) atoms. The van der Waals surface area contributed by atoms with Crippen LogP contribution >= 0.6 is 23.2 Å². The number of halogens is 2. The number of nitrogens with zero attached hydrogens (tertiary/aromatic N) is 1. The van der Waals surface area contributed by atoms with Gasteiger partial charge in [-0.05, 0) is 64.3 Å². The fourth-order valence-corrected chi connectivity index (χ4v) is 6.67. The summed E-state index contributed by atoms with van der Waals surface area (Å²) in [6.45, 7) is 8.19. The number of allylic oxidation sites excluding steroid dienone is 3. The van der Waals surface area contributed by atoms with Gasteiger partial charge in [-0.15, -0.1) is 0 Å². The molecule has 1 aliphatic heterocycles. The number of amides is 1. The molecular formula is C27H35Cl2NO6S. The third-order valence-corrected chi connectivity index (χ3v) is 10.3. The fraction of sp³-hybridized carbons (Fsp3) is 0.556. The van der Waals surface area contributed by atoms with E-state index in [0.717, 1.165) is 0 Å². The number of sulfone groups is 1. The van der Waals surface area contributed by atoms with E-state index in [0.29, 0.717) is 28.5 Å². The molecule has 7 nitrogen and oxygen atoms in total. The quantitative estimate of drug-likeness (QED) is 0.440. The molecule has 204 valence electrons. The average molecular weight is 573 g/mol. The summed E-state index contributed by atoms with van der Waals surface area (Å²) in [5, 5.41) is 10.7. The monoisotopic (exact) mass is 571 g/mol. The maximum absolute atomic E-state index is 14.1. The number of benzene rings is 1. The van der Waals surface area contributed by atoms with Crippen molar-refractivity contribution >= 4 is 44.9 Å². The van der Waals surface area contributed by atoms with Crippen LogP contribution in [-0.4, -0.2) is 58.5 Å². The van der Waals surface area contributed by atoms with Gasteiger partial charge in [0, 0.05) is 22.0 Å². The second-order valence-electron chi connectivity index (χ2n) is 10.9. The van der Waals surface area contributed by atoms with Gasteiger partial charge in [0.2, 0.25) is 0 Å². The van der Waals surface area contributed by atoms with Gasteiger partial charge in [-0.1, -0.05) is 54.4 Å². The standard InChI is InChI=1S/C27H35Cl2NO6S/c1-6-21(16-37(34,35)26(2,3)4)30-23(17-10-12-19(28)13-11-17)24(18-8-7-9-20(29)14-18)36-27(5,25(30)33)15-22(31)32/h7-10,12-14,17,21,23-24H,6,11,15-16H2,1-5H3,(H,31,32)/t17?,21-,23+,24+,27-/m0/s1. The van der Waals surface area contributed by atoms with Crippen LogP contribution in [0.5, 0.6) is 0 Å². The van der Waals surface area contributed by atoms with E-state index in [1.54, 1.807) is 49.9 Å². The van der Waals surface area contributed by atoms with E-state index in [9.17, 15) is 23.1 Å². The second kappa shape index (κ2) is 11.1. The van der Waals surface area contributed by atoms with Crippen LogP contribution in [0.4, 0.5) is 0 Å². The van der Waals surface area contributed by atoms with Gasteiger partial charge in [-0.2, -0.15) is 0 Å². The van der Waals surface area contributed by atoms with Crippen molar-refractivity contribution in [3.63, 3.8) is 0 Å². The third-order valence-electron chi connectivity index (χ3n) is 7.11. The van der Waals surface area contributed by atoms with Gasteiger partial charge in [0.15, 0.2) is 15.4 Å². The third kappa shape index (κ3) is 6.41. The molecule has 3 rings (SSSR count). The largest absolute Gasteiger partial charge is 0.481 e. The first kappa shape index (κ1) is 29.7. The number of hydrogen-bond acceptors (Lipinski definition) is 5. The molecule has 1 N–H and O–H groups in total. The topological polar surface area (TPSA) is 101 Å². The Bertz CT molecular complexity index is 1210. The summed E-state index contributed by atoms with van der Waals surface area (Å²) >= 11 is 12.5. The van der Waals surface area contributed by atoms with Crippen LogP contribution in [0.15, 0.2) is 47.5 Å². The van der Waals surface area contributed by atoms with E-state index in [-0.39, 0.29) is 11.7 Å². The van der Waals surface area contributed by atoms with Gasteiger partial charge in [-0.3, -0.25) is 9.59 Å². The van der Waals surface area contributed by atoms with Gasteiger partial charge < -0.3 is 14.7 Å². The Hall–Kier alpha value is -1.87. The van der Waals surface area contributed by atoms with Crippen molar-refractivity contribution in [2.45, 2.75) is 82.4 Å². The number of carboxylic acid groups (broad SMARTS) is 1. The lowest BCUT2D eigenvalue weighted by Crippen LogP contribution is -2.66. The fourth-order valence-electron chi connectivity index (χ4n) is 4.91. The van der Waals surface area contributed by atoms with Crippen molar-refractivity contribution in [1.29, 1.82) is 0 Å². The minimum atomic E-state index is -3.62. The highest BCUT2D eigenvalue weighted by molar-refractivity contribution is 7.92. The molecule has 0 saturated carbocycles. The Morgan fingerprint density at radius 1 is 1.30 bits per heavy atom. The van der Waals surface area contributed by atoms with Gasteiger partial charge in [0.05, 0.1) is 23.0 Å². The van der Waals surface area contributed by atoms with Crippen LogP contribution in [0, 0.1) is 5.92 Å². The molecule has 1 aliphatic carbocycles. The lowest BCUT2D eigenvalue weighted by Gasteiger charge is -2.53. The summed E-state index contributed by atoms with van der Waals surface area (Å²) < 4.78 is 32.0. The number of carbonyl (C=O) groups excluding carboxylic acids is 1. The summed E-state index contributed by atoms with van der Waals surface area (Å²) in [7, 11) is -3.62. The molecule has 0 radical (unpaired) electrons. The van der Waals surface area contributed by atoms with Crippen molar-refractivity contribution in [3.05, 3.63) is 58.1 Å². The predicted molar refractivity (Wildman–Crippen MR) is 145 cm³/mol. The zero-order valence-electron chi connectivity index (χ0n) is 21.8. The normalized spacial score (nSPS) is 27.6.